The highest BCUT2D eigenvalue weighted by Crippen LogP contribution is 2.32. The number of hydrogen-bond donors (Lipinski definition) is 1. The summed E-state index contributed by atoms with van der Waals surface area (Å²) >= 11 is 13.6. The molecule has 6 heteroatoms. The van der Waals surface area contributed by atoms with Crippen molar-refractivity contribution in [3.8, 4) is 0 Å². The first-order valence-corrected chi connectivity index (χ1v) is 6.29. The standard InChI is InChI=1S/C10H10Cl2N2OS/c1-15-8-5-13-10(16-8)14-9-6(11)3-2-4-7(9)12/h2-4,8H,5H2,1H3,(H,13,14)/t8-/m1/s1. The van der Waals surface area contributed by atoms with E-state index in [-0.39, 0.29) is 5.44 Å². The quantitative estimate of drug-likeness (QED) is 0.898. The van der Waals surface area contributed by atoms with Crippen LogP contribution in [0, 0.1) is 0 Å². The van der Waals surface area contributed by atoms with Gasteiger partial charge in [0.25, 0.3) is 0 Å². The second-order valence-electron chi connectivity index (χ2n) is 3.15. The van der Waals surface area contributed by atoms with Gasteiger partial charge in [0.2, 0.25) is 0 Å². The molecule has 3 nitrogen and oxygen atoms in total. The number of anilines is 1. The van der Waals surface area contributed by atoms with Crippen molar-refractivity contribution >= 4 is 45.8 Å². The summed E-state index contributed by atoms with van der Waals surface area (Å²) in [5, 5.41) is 5.05. The van der Waals surface area contributed by atoms with Crippen LogP contribution in [0.3, 0.4) is 0 Å². The molecule has 2 rings (SSSR count). The molecule has 1 aliphatic rings. The lowest BCUT2D eigenvalue weighted by molar-refractivity contribution is 0.182. The Hall–Kier alpha value is -0.420. The molecule has 0 saturated carbocycles. The molecule has 0 aliphatic carbocycles. The summed E-state index contributed by atoms with van der Waals surface area (Å²) in [4.78, 5) is 4.29. The number of rotatable bonds is 2. The first kappa shape index (κ1) is 12.0. The van der Waals surface area contributed by atoms with Crippen LogP contribution in [-0.4, -0.2) is 24.3 Å². The number of thioether (sulfide) groups is 1. The number of nitrogens with zero attached hydrogens (tertiary/aromatic N) is 1. The van der Waals surface area contributed by atoms with Gasteiger partial charge in [0, 0.05) is 7.11 Å². The predicted molar refractivity (Wildman–Crippen MR) is 70.8 cm³/mol. The largest absolute Gasteiger partial charge is 0.368 e. The van der Waals surface area contributed by atoms with Gasteiger partial charge in [-0.1, -0.05) is 41.0 Å². The van der Waals surface area contributed by atoms with Crippen LogP contribution < -0.4 is 5.32 Å². The van der Waals surface area contributed by atoms with Crippen molar-refractivity contribution < 1.29 is 4.74 Å². The Morgan fingerprint density at radius 3 is 2.69 bits per heavy atom. The summed E-state index contributed by atoms with van der Waals surface area (Å²) in [7, 11) is 1.67. The molecule has 1 N–H and O–H groups in total. The molecule has 0 bridgehead atoms. The molecular weight excluding hydrogens is 267 g/mol. The number of hydrogen-bond acceptors (Lipinski definition) is 4. The third-order valence-electron chi connectivity index (χ3n) is 2.08. The molecule has 1 atom stereocenters. The van der Waals surface area contributed by atoms with E-state index in [4.69, 9.17) is 27.9 Å². The van der Waals surface area contributed by atoms with Gasteiger partial charge in [-0.05, 0) is 12.1 Å². The van der Waals surface area contributed by atoms with E-state index in [0.717, 1.165) is 5.17 Å². The van der Waals surface area contributed by atoms with Crippen LogP contribution in [0.4, 0.5) is 5.69 Å². The molecule has 86 valence electrons. The highest BCUT2D eigenvalue weighted by molar-refractivity contribution is 8.14. The maximum atomic E-state index is 6.04. The molecule has 0 amide bonds. The molecule has 0 aromatic heterocycles. The van der Waals surface area contributed by atoms with E-state index in [9.17, 15) is 0 Å². The fraction of sp³-hybridized carbons (Fsp3) is 0.300. The van der Waals surface area contributed by atoms with Crippen molar-refractivity contribution in [2.75, 3.05) is 19.0 Å². The van der Waals surface area contributed by atoms with Gasteiger partial charge in [-0.2, -0.15) is 0 Å². The topological polar surface area (TPSA) is 33.6 Å². The summed E-state index contributed by atoms with van der Waals surface area (Å²) in [6.07, 6.45) is 0. The van der Waals surface area contributed by atoms with Gasteiger partial charge >= 0.3 is 0 Å². The van der Waals surface area contributed by atoms with Crippen molar-refractivity contribution in [3.63, 3.8) is 0 Å². The fourth-order valence-corrected chi connectivity index (χ4v) is 2.57. The summed E-state index contributed by atoms with van der Waals surface area (Å²) in [6, 6.07) is 5.37. The summed E-state index contributed by atoms with van der Waals surface area (Å²) in [5.41, 5.74) is 0.762. The first-order valence-electron chi connectivity index (χ1n) is 4.65. The number of aliphatic imine (C=N–C) groups is 1. The van der Waals surface area contributed by atoms with E-state index in [2.05, 4.69) is 10.3 Å². The SMILES string of the molecule is CO[C@H]1CN=C(Nc2c(Cl)cccc2Cl)S1. The average molecular weight is 277 g/mol. The second kappa shape index (κ2) is 5.27. The molecule has 1 aromatic rings. The van der Waals surface area contributed by atoms with Crippen molar-refractivity contribution in [1.82, 2.24) is 0 Å². The van der Waals surface area contributed by atoms with Crippen molar-refractivity contribution in [2.24, 2.45) is 4.99 Å². The highest BCUT2D eigenvalue weighted by Gasteiger charge is 2.20. The predicted octanol–water partition coefficient (Wildman–Crippen LogP) is 3.48. The zero-order valence-electron chi connectivity index (χ0n) is 8.54. The zero-order chi connectivity index (χ0) is 11.5. The van der Waals surface area contributed by atoms with Crippen molar-refractivity contribution in [3.05, 3.63) is 28.2 Å². The average Bonchev–Trinajstić information content (AvgIpc) is 2.71. The van der Waals surface area contributed by atoms with Gasteiger partial charge in [-0.15, -0.1) is 0 Å². The minimum Gasteiger partial charge on any atom is -0.368 e. The number of ether oxygens (including phenoxy) is 1. The minimum absolute atomic E-state index is 0.0729. The molecule has 1 aliphatic heterocycles. The maximum Gasteiger partial charge on any atom is 0.163 e. The maximum absolute atomic E-state index is 6.04. The molecule has 0 saturated heterocycles. The van der Waals surface area contributed by atoms with Crippen molar-refractivity contribution in [1.29, 1.82) is 0 Å². The van der Waals surface area contributed by atoms with Crippen LogP contribution in [0.1, 0.15) is 0 Å². The van der Waals surface area contributed by atoms with Gasteiger partial charge in [0.1, 0.15) is 5.44 Å². The van der Waals surface area contributed by atoms with E-state index in [1.165, 1.54) is 11.8 Å². The van der Waals surface area contributed by atoms with Crippen LogP contribution in [0.2, 0.25) is 10.0 Å². The Bertz CT molecular complexity index is 405. The third kappa shape index (κ3) is 2.63. The molecule has 1 aromatic carbocycles. The summed E-state index contributed by atoms with van der Waals surface area (Å²) in [5.74, 6) is 0. The molecule has 0 unspecified atom stereocenters. The molecule has 0 fully saturated rings. The van der Waals surface area contributed by atoms with E-state index in [1.807, 2.05) is 0 Å². The highest BCUT2D eigenvalue weighted by atomic mass is 35.5. The Labute approximate surface area is 108 Å². The lowest BCUT2D eigenvalue weighted by Gasteiger charge is -2.10. The van der Waals surface area contributed by atoms with Crippen LogP contribution >= 0.6 is 35.0 Å². The zero-order valence-corrected chi connectivity index (χ0v) is 10.9. The lowest BCUT2D eigenvalue weighted by atomic mass is 10.3. The lowest BCUT2D eigenvalue weighted by Crippen LogP contribution is -2.09. The molecule has 0 spiro atoms. The van der Waals surface area contributed by atoms with Gasteiger partial charge in [-0.3, -0.25) is 4.99 Å². The minimum atomic E-state index is 0.0729. The normalized spacial score (nSPS) is 19.7. The smallest absolute Gasteiger partial charge is 0.163 e. The monoisotopic (exact) mass is 276 g/mol. The van der Waals surface area contributed by atoms with Gasteiger partial charge in [0.15, 0.2) is 5.17 Å². The van der Waals surface area contributed by atoms with Gasteiger partial charge < -0.3 is 10.1 Å². The van der Waals surface area contributed by atoms with E-state index < -0.39 is 0 Å². The van der Waals surface area contributed by atoms with Crippen molar-refractivity contribution in [2.45, 2.75) is 5.44 Å². The Morgan fingerprint density at radius 2 is 2.12 bits per heavy atom. The third-order valence-corrected chi connectivity index (χ3v) is 3.77. The van der Waals surface area contributed by atoms with Gasteiger partial charge in [0.05, 0.1) is 22.3 Å². The number of methoxy groups -OCH3 is 1. The Kier molecular flexibility index (Phi) is 3.97. The Morgan fingerprint density at radius 1 is 1.44 bits per heavy atom. The van der Waals surface area contributed by atoms with Crippen LogP contribution in [0.25, 0.3) is 0 Å². The summed E-state index contributed by atoms with van der Waals surface area (Å²) in [6.45, 7) is 0.644. The first-order chi connectivity index (χ1) is 7.70. The fourth-order valence-electron chi connectivity index (χ4n) is 1.27. The van der Waals surface area contributed by atoms with E-state index in [1.54, 1.807) is 25.3 Å². The Balaban J connectivity index is 2.11. The molecule has 16 heavy (non-hydrogen) atoms. The number of nitrogens with one attached hydrogen (secondary N) is 1. The van der Waals surface area contributed by atoms with Gasteiger partial charge in [-0.25, -0.2) is 0 Å². The molecular formula is C10H10Cl2N2OS. The number of para-hydroxylation sites is 1. The molecule has 0 radical (unpaired) electrons. The number of amidine groups is 1. The van der Waals surface area contributed by atoms with E-state index >= 15 is 0 Å². The van der Waals surface area contributed by atoms with E-state index in [0.29, 0.717) is 22.3 Å². The number of halogens is 2. The van der Waals surface area contributed by atoms with Crippen LogP contribution in [-0.2, 0) is 4.74 Å². The van der Waals surface area contributed by atoms with Crippen LogP contribution in [0.15, 0.2) is 23.2 Å². The molecule has 1 heterocycles. The summed E-state index contributed by atoms with van der Waals surface area (Å²) < 4.78 is 5.18. The second-order valence-corrected chi connectivity index (χ2v) is 5.11. The van der Waals surface area contributed by atoms with Crippen LogP contribution in [0.5, 0.6) is 0 Å². The number of benzene rings is 1.